The van der Waals surface area contributed by atoms with Crippen LogP contribution in [0.5, 0.6) is 0 Å². The monoisotopic (exact) mass is 206 g/mol. The number of hydrogen-bond acceptors (Lipinski definition) is 0. The standard InChI is InChI=1S/C15H26/c1-13(2)14-8-7-11-15(12-14)9-5-3-4-6-10-15/h12-13H,3-11H2,1-2H3. The van der Waals surface area contributed by atoms with Crippen molar-refractivity contribution in [3.63, 3.8) is 0 Å². The molecule has 0 unspecified atom stereocenters. The summed E-state index contributed by atoms with van der Waals surface area (Å²) in [6.45, 7) is 4.73. The van der Waals surface area contributed by atoms with Crippen LogP contribution >= 0.6 is 0 Å². The van der Waals surface area contributed by atoms with Crippen molar-refractivity contribution in [3.05, 3.63) is 11.6 Å². The first-order chi connectivity index (χ1) is 7.22. The molecule has 2 aliphatic carbocycles. The minimum atomic E-state index is 0.633. The molecule has 1 fully saturated rings. The number of allylic oxidation sites excluding steroid dienone is 2. The lowest BCUT2D eigenvalue weighted by molar-refractivity contribution is 0.275. The van der Waals surface area contributed by atoms with Crippen LogP contribution in [-0.4, -0.2) is 0 Å². The molecule has 0 saturated heterocycles. The second-order valence-electron chi connectivity index (χ2n) is 6.00. The van der Waals surface area contributed by atoms with Crippen LogP contribution in [0.4, 0.5) is 0 Å². The predicted molar refractivity (Wildman–Crippen MR) is 66.9 cm³/mol. The fourth-order valence-electron chi connectivity index (χ4n) is 3.46. The molecule has 0 aliphatic heterocycles. The number of rotatable bonds is 1. The maximum atomic E-state index is 2.70. The van der Waals surface area contributed by atoms with E-state index in [9.17, 15) is 0 Å². The quantitative estimate of drug-likeness (QED) is 0.524. The molecule has 1 spiro atoms. The smallest absolute Gasteiger partial charge is 0.0115 e. The van der Waals surface area contributed by atoms with Gasteiger partial charge < -0.3 is 0 Å². The van der Waals surface area contributed by atoms with Gasteiger partial charge in [0.25, 0.3) is 0 Å². The Bertz CT molecular complexity index is 226. The molecule has 1 saturated carbocycles. The van der Waals surface area contributed by atoms with E-state index in [4.69, 9.17) is 0 Å². The summed E-state index contributed by atoms with van der Waals surface area (Å²) in [6.07, 6.45) is 15.9. The Kier molecular flexibility index (Phi) is 3.53. The molecule has 0 heteroatoms. The highest BCUT2D eigenvalue weighted by molar-refractivity contribution is 5.15. The second kappa shape index (κ2) is 4.72. The average molecular weight is 206 g/mol. The summed E-state index contributed by atoms with van der Waals surface area (Å²) in [5, 5.41) is 0. The molecule has 0 N–H and O–H groups in total. The summed E-state index contributed by atoms with van der Waals surface area (Å²) in [5.74, 6) is 0.783. The second-order valence-corrected chi connectivity index (χ2v) is 6.00. The highest BCUT2D eigenvalue weighted by atomic mass is 14.4. The SMILES string of the molecule is CC(C)C1=CC2(CCCCCC2)CCC1. The van der Waals surface area contributed by atoms with E-state index in [1.807, 2.05) is 0 Å². The summed E-state index contributed by atoms with van der Waals surface area (Å²) < 4.78 is 0. The van der Waals surface area contributed by atoms with E-state index in [1.54, 1.807) is 5.57 Å². The zero-order valence-electron chi connectivity index (χ0n) is 10.5. The van der Waals surface area contributed by atoms with Gasteiger partial charge >= 0.3 is 0 Å². The van der Waals surface area contributed by atoms with Gasteiger partial charge in [0.2, 0.25) is 0 Å². The zero-order valence-corrected chi connectivity index (χ0v) is 10.5. The summed E-state index contributed by atoms with van der Waals surface area (Å²) in [6, 6.07) is 0. The average Bonchev–Trinajstić information content (AvgIpc) is 2.44. The van der Waals surface area contributed by atoms with E-state index < -0.39 is 0 Å². The van der Waals surface area contributed by atoms with Gasteiger partial charge in [-0.3, -0.25) is 0 Å². The lowest BCUT2D eigenvalue weighted by Gasteiger charge is -2.35. The van der Waals surface area contributed by atoms with E-state index in [-0.39, 0.29) is 0 Å². The van der Waals surface area contributed by atoms with Crippen molar-refractivity contribution in [1.29, 1.82) is 0 Å². The topological polar surface area (TPSA) is 0 Å². The van der Waals surface area contributed by atoms with E-state index in [2.05, 4.69) is 19.9 Å². The molecule has 0 aromatic heterocycles. The van der Waals surface area contributed by atoms with Crippen LogP contribution in [0.25, 0.3) is 0 Å². The van der Waals surface area contributed by atoms with Gasteiger partial charge in [-0.05, 0) is 43.4 Å². The number of hydrogen-bond donors (Lipinski definition) is 0. The molecule has 0 radical (unpaired) electrons. The highest BCUT2D eigenvalue weighted by Crippen LogP contribution is 2.45. The third kappa shape index (κ3) is 2.65. The van der Waals surface area contributed by atoms with Crippen molar-refractivity contribution >= 4 is 0 Å². The maximum Gasteiger partial charge on any atom is -0.0115 e. The molecule has 0 amide bonds. The highest BCUT2D eigenvalue weighted by Gasteiger charge is 2.31. The Labute approximate surface area is 95.1 Å². The van der Waals surface area contributed by atoms with Crippen LogP contribution < -0.4 is 0 Å². The van der Waals surface area contributed by atoms with E-state index in [0.717, 1.165) is 5.92 Å². The Morgan fingerprint density at radius 3 is 2.13 bits per heavy atom. The van der Waals surface area contributed by atoms with Gasteiger partial charge in [0.15, 0.2) is 0 Å². The molecule has 0 atom stereocenters. The zero-order chi connectivity index (χ0) is 10.7. The summed E-state index contributed by atoms with van der Waals surface area (Å²) in [4.78, 5) is 0. The van der Waals surface area contributed by atoms with Gasteiger partial charge in [0, 0.05) is 0 Å². The fourth-order valence-corrected chi connectivity index (χ4v) is 3.46. The minimum absolute atomic E-state index is 0.633. The van der Waals surface area contributed by atoms with Crippen LogP contribution in [0.2, 0.25) is 0 Å². The molecular formula is C15H26. The largest absolute Gasteiger partial charge is 0.0788 e. The maximum absolute atomic E-state index is 2.70. The third-order valence-corrected chi connectivity index (χ3v) is 4.47. The van der Waals surface area contributed by atoms with E-state index >= 15 is 0 Å². The summed E-state index contributed by atoms with van der Waals surface area (Å²) in [5.41, 5.74) is 2.39. The van der Waals surface area contributed by atoms with Crippen molar-refractivity contribution in [3.8, 4) is 0 Å². The van der Waals surface area contributed by atoms with Crippen molar-refractivity contribution < 1.29 is 0 Å². The van der Waals surface area contributed by atoms with Gasteiger partial charge in [-0.1, -0.05) is 51.2 Å². The van der Waals surface area contributed by atoms with Crippen LogP contribution in [-0.2, 0) is 0 Å². The van der Waals surface area contributed by atoms with Crippen LogP contribution in [0, 0.1) is 11.3 Å². The van der Waals surface area contributed by atoms with Gasteiger partial charge in [-0.15, -0.1) is 0 Å². The molecule has 0 nitrogen and oxygen atoms in total. The van der Waals surface area contributed by atoms with Crippen molar-refractivity contribution in [1.82, 2.24) is 0 Å². The van der Waals surface area contributed by atoms with Crippen molar-refractivity contribution in [2.24, 2.45) is 11.3 Å². The Morgan fingerprint density at radius 1 is 0.933 bits per heavy atom. The fraction of sp³-hybridized carbons (Fsp3) is 0.867. The van der Waals surface area contributed by atoms with Crippen molar-refractivity contribution in [2.45, 2.75) is 71.6 Å². The Balaban J connectivity index is 2.14. The van der Waals surface area contributed by atoms with Gasteiger partial charge in [0.1, 0.15) is 0 Å². The van der Waals surface area contributed by atoms with E-state index in [1.165, 1.54) is 57.8 Å². The predicted octanol–water partition coefficient (Wildman–Crippen LogP) is 5.09. The summed E-state index contributed by atoms with van der Waals surface area (Å²) >= 11 is 0. The normalized spacial score (nSPS) is 26.5. The van der Waals surface area contributed by atoms with Gasteiger partial charge in [0.05, 0.1) is 0 Å². The molecular weight excluding hydrogens is 180 g/mol. The van der Waals surface area contributed by atoms with Crippen LogP contribution in [0.1, 0.15) is 71.6 Å². The molecule has 0 bridgehead atoms. The molecule has 0 aromatic rings. The molecule has 0 heterocycles. The molecule has 15 heavy (non-hydrogen) atoms. The molecule has 86 valence electrons. The first-order valence-corrected chi connectivity index (χ1v) is 6.93. The first-order valence-electron chi connectivity index (χ1n) is 6.93. The Hall–Kier alpha value is -0.260. The lowest BCUT2D eigenvalue weighted by atomic mass is 9.70. The summed E-state index contributed by atoms with van der Waals surface area (Å²) in [7, 11) is 0. The first kappa shape index (κ1) is 11.2. The molecule has 2 aliphatic rings. The molecule has 0 aromatic carbocycles. The lowest BCUT2D eigenvalue weighted by Crippen LogP contribution is -2.22. The van der Waals surface area contributed by atoms with Crippen molar-refractivity contribution in [2.75, 3.05) is 0 Å². The van der Waals surface area contributed by atoms with Gasteiger partial charge in [-0.25, -0.2) is 0 Å². The van der Waals surface area contributed by atoms with Gasteiger partial charge in [-0.2, -0.15) is 0 Å². The van der Waals surface area contributed by atoms with Crippen LogP contribution in [0.3, 0.4) is 0 Å². The van der Waals surface area contributed by atoms with Crippen LogP contribution in [0.15, 0.2) is 11.6 Å². The van der Waals surface area contributed by atoms with E-state index in [0.29, 0.717) is 5.41 Å². The third-order valence-electron chi connectivity index (χ3n) is 4.47. The Morgan fingerprint density at radius 2 is 1.53 bits per heavy atom. The molecule has 2 rings (SSSR count). The minimum Gasteiger partial charge on any atom is -0.0788 e.